The topological polar surface area (TPSA) is 55.6 Å². The van der Waals surface area contributed by atoms with Crippen molar-refractivity contribution in [2.24, 2.45) is 11.3 Å². The fraction of sp³-hybridized carbons (Fsp3) is 0.933. The van der Waals surface area contributed by atoms with Crippen molar-refractivity contribution < 1.29 is 0 Å². The van der Waals surface area contributed by atoms with Crippen molar-refractivity contribution >= 4 is 0 Å². The van der Waals surface area contributed by atoms with Crippen LogP contribution in [0.4, 0.5) is 0 Å². The molecule has 1 N–H and O–H groups in total. The zero-order valence-electron chi connectivity index (χ0n) is 12.8. The SMILES string of the molecule is CC(C)CC1(Cn2nnnc2CNC2CC2)CCCC1. The van der Waals surface area contributed by atoms with Crippen molar-refractivity contribution in [3.05, 3.63) is 5.82 Å². The summed E-state index contributed by atoms with van der Waals surface area (Å²) in [5, 5.41) is 15.9. The van der Waals surface area contributed by atoms with Crippen LogP contribution in [0.1, 0.15) is 64.6 Å². The van der Waals surface area contributed by atoms with Crippen molar-refractivity contribution in [2.45, 2.75) is 77.9 Å². The molecule has 20 heavy (non-hydrogen) atoms. The second-order valence-corrected chi connectivity index (χ2v) is 7.21. The molecular formula is C15H27N5. The number of hydrogen-bond acceptors (Lipinski definition) is 4. The molecule has 0 saturated heterocycles. The van der Waals surface area contributed by atoms with Crippen molar-refractivity contribution in [1.82, 2.24) is 25.5 Å². The molecule has 0 aliphatic heterocycles. The van der Waals surface area contributed by atoms with E-state index in [2.05, 4.69) is 39.4 Å². The van der Waals surface area contributed by atoms with Gasteiger partial charge in [-0.1, -0.05) is 26.7 Å². The van der Waals surface area contributed by atoms with E-state index in [1.54, 1.807) is 0 Å². The van der Waals surface area contributed by atoms with Crippen LogP contribution in [0.2, 0.25) is 0 Å². The number of hydrogen-bond donors (Lipinski definition) is 1. The number of nitrogens with one attached hydrogen (secondary N) is 1. The zero-order valence-corrected chi connectivity index (χ0v) is 12.8. The van der Waals surface area contributed by atoms with Crippen LogP contribution in [0.3, 0.4) is 0 Å². The third-order valence-corrected chi connectivity index (χ3v) is 4.72. The molecule has 1 aromatic heterocycles. The zero-order chi connectivity index (χ0) is 14.0. The highest BCUT2D eigenvalue weighted by Gasteiger charge is 2.35. The van der Waals surface area contributed by atoms with Crippen molar-refractivity contribution in [3.8, 4) is 0 Å². The first-order valence-electron chi connectivity index (χ1n) is 8.15. The minimum absolute atomic E-state index is 0.428. The minimum atomic E-state index is 0.428. The molecule has 0 atom stereocenters. The third kappa shape index (κ3) is 3.37. The maximum absolute atomic E-state index is 4.25. The summed E-state index contributed by atoms with van der Waals surface area (Å²) in [6, 6.07) is 0.705. The molecule has 0 aromatic carbocycles. The summed E-state index contributed by atoms with van der Waals surface area (Å²) >= 11 is 0. The van der Waals surface area contributed by atoms with Gasteiger partial charge >= 0.3 is 0 Å². The Morgan fingerprint density at radius 3 is 2.70 bits per heavy atom. The maximum Gasteiger partial charge on any atom is 0.165 e. The molecule has 2 saturated carbocycles. The summed E-state index contributed by atoms with van der Waals surface area (Å²) in [6.45, 7) is 6.47. The van der Waals surface area contributed by atoms with Crippen LogP contribution in [-0.4, -0.2) is 26.2 Å². The first-order chi connectivity index (χ1) is 9.67. The summed E-state index contributed by atoms with van der Waals surface area (Å²) in [5.74, 6) is 1.75. The summed E-state index contributed by atoms with van der Waals surface area (Å²) < 4.78 is 2.06. The molecule has 2 aliphatic rings. The number of aromatic nitrogens is 4. The van der Waals surface area contributed by atoms with Crippen LogP contribution in [0.15, 0.2) is 0 Å². The second-order valence-electron chi connectivity index (χ2n) is 7.21. The van der Waals surface area contributed by atoms with Crippen LogP contribution < -0.4 is 5.32 Å². The molecule has 1 aromatic rings. The molecular weight excluding hydrogens is 250 g/mol. The van der Waals surface area contributed by atoms with Gasteiger partial charge in [-0.05, 0) is 53.9 Å². The van der Waals surface area contributed by atoms with Gasteiger partial charge in [0.1, 0.15) is 0 Å². The fourth-order valence-electron chi connectivity index (χ4n) is 3.73. The molecule has 0 unspecified atom stereocenters. The summed E-state index contributed by atoms with van der Waals surface area (Å²) in [4.78, 5) is 0. The van der Waals surface area contributed by atoms with Crippen molar-refractivity contribution in [2.75, 3.05) is 0 Å². The van der Waals surface area contributed by atoms with Crippen LogP contribution in [0.5, 0.6) is 0 Å². The molecule has 0 spiro atoms. The average molecular weight is 277 g/mol. The smallest absolute Gasteiger partial charge is 0.165 e. The van der Waals surface area contributed by atoms with Crippen LogP contribution in [0, 0.1) is 11.3 Å². The highest BCUT2D eigenvalue weighted by atomic mass is 15.5. The molecule has 2 aliphatic carbocycles. The highest BCUT2D eigenvalue weighted by molar-refractivity contribution is 4.91. The van der Waals surface area contributed by atoms with Gasteiger partial charge in [-0.3, -0.25) is 0 Å². The van der Waals surface area contributed by atoms with Gasteiger partial charge in [-0.2, -0.15) is 0 Å². The number of nitrogens with zero attached hydrogens (tertiary/aromatic N) is 4. The molecule has 3 rings (SSSR count). The van der Waals surface area contributed by atoms with Crippen LogP contribution in [-0.2, 0) is 13.1 Å². The van der Waals surface area contributed by atoms with E-state index < -0.39 is 0 Å². The van der Waals surface area contributed by atoms with Gasteiger partial charge in [-0.25, -0.2) is 4.68 Å². The van der Waals surface area contributed by atoms with E-state index >= 15 is 0 Å². The molecule has 0 bridgehead atoms. The summed E-state index contributed by atoms with van der Waals surface area (Å²) in [7, 11) is 0. The van der Waals surface area contributed by atoms with Gasteiger partial charge in [0.2, 0.25) is 0 Å². The highest BCUT2D eigenvalue weighted by Crippen LogP contribution is 2.44. The third-order valence-electron chi connectivity index (χ3n) is 4.72. The van der Waals surface area contributed by atoms with E-state index in [1.807, 2.05) is 0 Å². The largest absolute Gasteiger partial charge is 0.307 e. The predicted octanol–water partition coefficient (Wildman–Crippen LogP) is 2.53. The Kier molecular flexibility index (Phi) is 4.06. The summed E-state index contributed by atoms with van der Waals surface area (Å²) in [6.07, 6.45) is 9.30. The van der Waals surface area contributed by atoms with E-state index in [4.69, 9.17) is 0 Å². The Bertz CT molecular complexity index is 429. The molecule has 1 heterocycles. The lowest BCUT2D eigenvalue weighted by Gasteiger charge is -2.30. The lowest BCUT2D eigenvalue weighted by atomic mass is 9.78. The molecule has 112 valence electrons. The fourth-order valence-corrected chi connectivity index (χ4v) is 3.73. The first kappa shape index (κ1) is 14.0. The maximum atomic E-state index is 4.25. The van der Waals surface area contributed by atoms with Crippen molar-refractivity contribution in [3.63, 3.8) is 0 Å². The number of tetrazole rings is 1. The van der Waals surface area contributed by atoms with Gasteiger partial charge < -0.3 is 5.32 Å². The Morgan fingerprint density at radius 1 is 1.30 bits per heavy atom. The van der Waals surface area contributed by atoms with Gasteiger partial charge in [-0.15, -0.1) is 5.10 Å². The lowest BCUT2D eigenvalue weighted by molar-refractivity contribution is 0.184. The first-order valence-corrected chi connectivity index (χ1v) is 8.15. The van der Waals surface area contributed by atoms with Gasteiger partial charge in [0.15, 0.2) is 5.82 Å². The minimum Gasteiger partial charge on any atom is -0.307 e. The van der Waals surface area contributed by atoms with Gasteiger partial charge in [0, 0.05) is 6.04 Å². The molecule has 5 heteroatoms. The Labute approximate surface area is 121 Å². The average Bonchev–Trinajstić information content (AvgIpc) is 2.96. The van der Waals surface area contributed by atoms with Gasteiger partial charge in [0.05, 0.1) is 13.1 Å². The Hall–Kier alpha value is -0.970. The second kappa shape index (κ2) is 5.80. The normalized spacial score (nSPS) is 21.8. The van der Waals surface area contributed by atoms with E-state index in [-0.39, 0.29) is 0 Å². The van der Waals surface area contributed by atoms with E-state index in [9.17, 15) is 0 Å². The lowest BCUT2D eigenvalue weighted by Crippen LogP contribution is -2.28. The summed E-state index contributed by atoms with van der Waals surface area (Å²) in [5.41, 5.74) is 0.428. The Morgan fingerprint density at radius 2 is 2.05 bits per heavy atom. The standard InChI is InChI=1S/C15H27N5/c1-12(2)9-15(7-3-4-8-15)11-20-14(17-18-19-20)10-16-13-5-6-13/h12-13,16H,3-11H2,1-2H3. The predicted molar refractivity (Wildman–Crippen MR) is 78.0 cm³/mol. The molecule has 2 fully saturated rings. The van der Waals surface area contributed by atoms with Crippen LogP contribution >= 0.6 is 0 Å². The molecule has 0 radical (unpaired) electrons. The monoisotopic (exact) mass is 277 g/mol. The molecule has 0 amide bonds. The van der Waals surface area contributed by atoms with Crippen molar-refractivity contribution in [1.29, 1.82) is 0 Å². The van der Waals surface area contributed by atoms with E-state index in [1.165, 1.54) is 44.9 Å². The Balaban J connectivity index is 1.66. The molecule has 5 nitrogen and oxygen atoms in total. The van der Waals surface area contributed by atoms with E-state index in [0.29, 0.717) is 11.5 Å². The van der Waals surface area contributed by atoms with E-state index in [0.717, 1.165) is 24.8 Å². The van der Waals surface area contributed by atoms with Gasteiger partial charge in [0.25, 0.3) is 0 Å². The number of rotatable bonds is 7. The quantitative estimate of drug-likeness (QED) is 0.832. The van der Waals surface area contributed by atoms with Crippen LogP contribution in [0.25, 0.3) is 0 Å².